The van der Waals surface area contributed by atoms with E-state index in [4.69, 9.17) is 0 Å². The van der Waals surface area contributed by atoms with Crippen LogP contribution in [0.25, 0.3) is 16.8 Å². The summed E-state index contributed by atoms with van der Waals surface area (Å²) >= 11 is 0. The van der Waals surface area contributed by atoms with Crippen molar-refractivity contribution >= 4 is 17.2 Å². The average molecular weight is 496 g/mol. The first kappa shape index (κ1) is 23.8. The lowest BCUT2D eigenvalue weighted by molar-refractivity contribution is -0.137. The molecule has 182 valence electrons. The van der Waals surface area contributed by atoms with E-state index in [1.54, 1.807) is 77.6 Å². The molecule has 2 heterocycles. The van der Waals surface area contributed by atoms with Gasteiger partial charge in [-0.3, -0.25) is 4.79 Å². The van der Waals surface area contributed by atoms with Gasteiger partial charge in [-0.05, 0) is 72.0 Å². The lowest BCUT2D eigenvalue weighted by atomic mass is 10.0. The summed E-state index contributed by atoms with van der Waals surface area (Å²) in [6.07, 6.45) is -1.38. The second kappa shape index (κ2) is 9.63. The van der Waals surface area contributed by atoms with Gasteiger partial charge in [0.05, 0.1) is 17.3 Å². The molecule has 0 radical (unpaired) electrons. The first-order valence-corrected chi connectivity index (χ1v) is 11.3. The zero-order valence-electron chi connectivity index (χ0n) is 19.5. The third kappa shape index (κ3) is 5.21. The summed E-state index contributed by atoms with van der Waals surface area (Å²) in [4.78, 5) is 17.5. The van der Waals surface area contributed by atoms with Gasteiger partial charge in [0.25, 0.3) is 5.91 Å². The molecule has 37 heavy (non-hydrogen) atoms. The summed E-state index contributed by atoms with van der Waals surface area (Å²) in [5.74, 6) is 5.42. The topological polar surface area (TPSA) is 59.3 Å². The van der Waals surface area contributed by atoms with Gasteiger partial charge in [0.1, 0.15) is 5.69 Å². The molecular weight excluding hydrogens is 477 g/mol. The van der Waals surface area contributed by atoms with Crippen LogP contribution in [-0.4, -0.2) is 20.5 Å². The average Bonchev–Trinajstić information content (AvgIpc) is 3.30. The highest BCUT2D eigenvalue weighted by atomic mass is 19.4. The molecule has 5 nitrogen and oxygen atoms in total. The fourth-order valence-corrected chi connectivity index (χ4v) is 3.86. The Labute approximate surface area is 210 Å². The van der Waals surface area contributed by atoms with Crippen molar-refractivity contribution in [3.8, 4) is 23.0 Å². The van der Waals surface area contributed by atoms with Crippen molar-refractivity contribution in [3.63, 3.8) is 0 Å². The normalized spacial score (nSPS) is 11.1. The molecule has 0 aliphatic rings. The fourth-order valence-electron chi connectivity index (χ4n) is 3.86. The third-order valence-corrected chi connectivity index (χ3v) is 5.65. The van der Waals surface area contributed by atoms with Gasteiger partial charge in [0.15, 0.2) is 5.65 Å². The second-order valence-corrected chi connectivity index (χ2v) is 8.35. The second-order valence-electron chi connectivity index (χ2n) is 8.35. The van der Waals surface area contributed by atoms with Gasteiger partial charge >= 0.3 is 6.18 Å². The predicted molar refractivity (Wildman–Crippen MR) is 135 cm³/mol. The standard InChI is InChI=1S/C29H19F3N4O/c1-19-9-12-26(21(14-19)10-11-25-18-33-27-8-5-13-34-36(25)27)28(37)35-24-16-22(20-6-3-2-4-7-20)15-23(17-24)29(30,31)32/h2-9,12-18H,1H3,(H,35,37). The molecule has 0 unspecified atom stereocenters. The van der Waals surface area contributed by atoms with Crippen molar-refractivity contribution < 1.29 is 18.0 Å². The van der Waals surface area contributed by atoms with E-state index >= 15 is 0 Å². The van der Waals surface area contributed by atoms with Gasteiger partial charge in [-0.25, -0.2) is 9.50 Å². The van der Waals surface area contributed by atoms with Gasteiger partial charge in [-0.15, -0.1) is 0 Å². The molecular formula is C29H19F3N4O. The van der Waals surface area contributed by atoms with Crippen molar-refractivity contribution in [1.29, 1.82) is 0 Å². The number of nitrogens with one attached hydrogen (secondary N) is 1. The molecule has 1 N–H and O–H groups in total. The number of anilines is 1. The van der Waals surface area contributed by atoms with Gasteiger partial charge in [-0.1, -0.05) is 42.3 Å². The molecule has 8 heteroatoms. The van der Waals surface area contributed by atoms with Gasteiger partial charge in [0.2, 0.25) is 0 Å². The van der Waals surface area contributed by atoms with E-state index < -0.39 is 17.6 Å². The zero-order valence-corrected chi connectivity index (χ0v) is 19.5. The third-order valence-electron chi connectivity index (χ3n) is 5.65. The Balaban J connectivity index is 1.50. The predicted octanol–water partition coefficient (Wildman–Crippen LogP) is 6.38. The van der Waals surface area contributed by atoms with Crippen molar-refractivity contribution in [3.05, 3.63) is 119 Å². The molecule has 0 aliphatic heterocycles. The number of aromatic nitrogens is 3. The van der Waals surface area contributed by atoms with Crippen LogP contribution in [0.2, 0.25) is 0 Å². The molecule has 5 aromatic rings. The Morgan fingerprint density at radius 2 is 1.73 bits per heavy atom. The monoisotopic (exact) mass is 496 g/mol. The fraction of sp³-hybridized carbons (Fsp3) is 0.0690. The maximum atomic E-state index is 13.6. The smallest absolute Gasteiger partial charge is 0.322 e. The molecule has 2 aromatic heterocycles. The molecule has 0 spiro atoms. The number of aryl methyl sites for hydroxylation is 1. The molecule has 0 fully saturated rings. The summed E-state index contributed by atoms with van der Waals surface area (Å²) in [6, 6.07) is 20.9. The van der Waals surface area contributed by atoms with Crippen LogP contribution in [0.3, 0.4) is 0 Å². The Bertz CT molecular complexity index is 1680. The molecule has 0 saturated carbocycles. The van der Waals surface area contributed by atoms with Crippen LogP contribution in [-0.2, 0) is 6.18 Å². The van der Waals surface area contributed by atoms with Crippen molar-refractivity contribution in [2.75, 3.05) is 5.32 Å². The van der Waals surface area contributed by atoms with Gasteiger partial charge < -0.3 is 5.32 Å². The summed E-state index contributed by atoms with van der Waals surface area (Å²) in [7, 11) is 0. The lowest BCUT2D eigenvalue weighted by Crippen LogP contribution is -2.15. The SMILES string of the molecule is Cc1ccc(C(=O)Nc2cc(-c3ccccc3)cc(C(F)(F)F)c2)c(C#Cc2cnc3cccnn23)c1. The van der Waals surface area contributed by atoms with Crippen LogP contribution >= 0.6 is 0 Å². The molecule has 5 rings (SSSR count). The number of halogens is 3. The van der Waals surface area contributed by atoms with Gasteiger partial charge in [0, 0.05) is 17.4 Å². The van der Waals surface area contributed by atoms with E-state index in [0.29, 0.717) is 28.0 Å². The summed E-state index contributed by atoms with van der Waals surface area (Å²) in [6.45, 7) is 1.86. The van der Waals surface area contributed by atoms with Crippen molar-refractivity contribution in [2.24, 2.45) is 0 Å². The number of rotatable bonds is 3. The van der Waals surface area contributed by atoms with E-state index in [1.807, 2.05) is 6.92 Å². The summed E-state index contributed by atoms with van der Waals surface area (Å²) in [5.41, 5.74) is 2.83. The maximum absolute atomic E-state index is 13.6. The highest BCUT2D eigenvalue weighted by Crippen LogP contribution is 2.35. The molecule has 0 bridgehead atoms. The number of hydrogen-bond acceptors (Lipinski definition) is 3. The molecule has 0 saturated heterocycles. The van der Waals surface area contributed by atoms with Crippen molar-refractivity contribution in [2.45, 2.75) is 13.1 Å². The number of nitrogens with zero attached hydrogens (tertiary/aromatic N) is 3. The van der Waals surface area contributed by atoms with E-state index in [9.17, 15) is 18.0 Å². The highest BCUT2D eigenvalue weighted by Gasteiger charge is 2.31. The minimum atomic E-state index is -4.58. The molecule has 0 atom stereocenters. The largest absolute Gasteiger partial charge is 0.416 e. The van der Waals surface area contributed by atoms with Crippen LogP contribution in [0.5, 0.6) is 0 Å². The first-order chi connectivity index (χ1) is 17.8. The number of benzene rings is 3. The molecule has 1 amide bonds. The number of carbonyl (C=O) groups is 1. The number of fused-ring (bicyclic) bond motifs is 1. The minimum Gasteiger partial charge on any atom is -0.322 e. The van der Waals surface area contributed by atoms with Crippen LogP contribution in [0.1, 0.15) is 32.7 Å². The summed E-state index contributed by atoms with van der Waals surface area (Å²) < 4.78 is 42.5. The quantitative estimate of drug-likeness (QED) is 0.295. The van der Waals surface area contributed by atoms with Crippen LogP contribution < -0.4 is 5.32 Å². The van der Waals surface area contributed by atoms with E-state index in [-0.39, 0.29) is 11.3 Å². The Kier molecular flexibility index (Phi) is 6.20. The highest BCUT2D eigenvalue weighted by molar-refractivity contribution is 6.06. The molecule has 3 aromatic carbocycles. The first-order valence-electron chi connectivity index (χ1n) is 11.3. The van der Waals surface area contributed by atoms with Crippen molar-refractivity contribution in [1.82, 2.24) is 14.6 Å². The number of imidazole rings is 1. The van der Waals surface area contributed by atoms with Crippen LogP contribution in [0, 0.1) is 18.8 Å². The van der Waals surface area contributed by atoms with E-state index in [0.717, 1.165) is 17.7 Å². The lowest BCUT2D eigenvalue weighted by Gasteiger charge is -2.14. The van der Waals surface area contributed by atoms with Gasteiger partial charge in [-0.2, -0.15) is 18.3 Å². The molecule has 0 aliphatic carbocycles. The number of hydrogen-bond donors (Lipinski definition) is 1. The van der Waals surface area contributed by atoms with E-state index in [1.165, 1.54) is 6.07 Å². The number of amides is 1. The summed E-state index contributed by atoms with van der Waals surface area (Å²) in [5, 5.41) is 6.85. The van der Waals surface area contributed by atoms with Crippen LogP contribution in [0.15, 0.2) is 91.3 Å². The Morgan fingerprint density at radius 3 is 2.51 bits per heavy atom. The Morgan fingerprint density at radius 1 is 0.919 bits per heavy atom. The minimum absolute atomic E-state index is 0.0316. The van der Waals surface area contributed by atoms with Crippen LogP contribution in [0.4, 0.5) is 18.9 Å². The zero-order chi connectivity index (χ0) is 26.0. The number of alkyl halides is 3. The maximum Gasteiger partial charge on any atom is 0.416 e. The number of carbonyl (C=O) groups excluding carboxylic acids is 1. The Hall–Kier alpha value is -4.90. The van der Waals surface area contributed by atoms with E-state index in [2.05, 4.69) is 27.2 Å².